The molecular formula is C23H35FN2O3. The predicted molar refractivity (Wildman–Crippen MR) is 111 cm³/mol. The van der Waals surface area contributed by atoms with E-state index in [4.69, 9.17) is 9.47 Å². The summed E-state index contributed by atoms with van der Waals surface area (Å²) in [4.78, 5) is 16.6. The summed E-state index contributed by atoms with van der Waals surface area (Å²) in [5.41, 5.74) is -0.00478. The molecule has 0 unspecified atom stereocenters. The topological polar surface area (TPSA) is 42.0 Å². The van der Waals surface area contributed by atoms with Gasteiger partial charge in [0.2, 0.25) is 0 Å². The van der Waals surface area contributed by atoms with Gasteiger partial charge in [0.05, 0.1) is 5.60 Å². The molecule has 162 valence electrons. The predicted octanol–water partition coefficient (Wildman–Crippen LogP) is 4.25. The van der Waals surface area contributed by atoms with Crippen LogP contribution >= 0.6 is 0 Å². The molecule has 2 aliphatic rings. The van der Waals surface area contributed by atoms with Crippen LogP contribution in [-0.4, -0.2) is 66.4 Å². The Hall–Kier alpha value is -1.66. The van der Waals surface area contributed by atoms with Crippen LogP contribution in [0.5, 0.6) is 0 Å². The van der Waals surface area contributed by atoms with Crippen molar-refractivity contribution in [2.45, 2.75) is 70.1 Å². The first-order chi connectivity index (χ1) is 13.7. The quantitative estimate of drug-likeness (QED) is 0.750. The van der Waals surface area contributed by atoms with Crippen molar-refractivity contribution >= 4 is 6.09 Å². The number of carbonyl (C=O) groups excluding carboxylic acids is 1. The molecule has 1 aliphatic carbocycles. The minimum absolute atomic E-state index is 0.149. The number of hydrogen-bond donors (Lipinski definition) is 0. The Labute approximate surface area is 174 Å². The number of methoxy groups -OCH3 is 1. The third-order valence-electron chi connectivity index (χ3n) is 6.25. The van der Waals surface area contributed by atoms with E-state index >= 15 is 0 Å². The van der Waals surface area contributed by atoms with Crippen LogP contribution in [0.2, 0.25) is 0 Å². The van der Waals surface area contributed by atoms with Crippen LogP contribution in [0, 0.1) is 5.82 Å². The lowest BCUT2D eigenvalue weighted by Crippen LogP contribution is -2.54. The van der Waals surface area contributed by atoms with Crippen molar-refractivity contribution in [2.75, 3.05) is 33.3 Å². The van der Waals surface area contributed by atoms with E-state index in [0.717, 1.165) is 44.3 Å². The molecule has 0 N–H and O–H groups in total. The van der Waals surface area contributed by atoms with Gasteiger partial charge in [0, 0.05) is 45.8 Å². The average Bonchev–Trinajstić information content (AvgIpc) is 2.69. The van der Waals surface area contributed by atoms with Crippen molar-refractivity contribution in [3.63, 3.8) is 0 Å². The van der Waals surface area contributed by atoms with Crippen molar-refractivity contribution < 1.29 is 18.7 Å². The van der Waals surface area contributed by atoms with Crippen molar-refractivity contribution in [1.29, 1.82) is 0 Å². The molecule has 1 aliphatic heterocycles. The van der Waals surface area contributed by atoms with Crippen molar-refractivity contribution in [3.05, 3.63) is 35.6 Å². The molecule has 1 aromatic rings. The second-order valence-corrected chi connectivity index (χ2v) is 9.39. The first kappa shape index (κ1) is 22.0. The summed E-state index contributed by atoms with van der Waals surface area (Å²) >= 11 is 0. The van der Waals surface area contributed by atoms with Gasteiger partial charge in [-0.1, -0.05) is 18.2 Å². The summed E-state index contributed by atoms with van der Waals surface area (Å²) in [6.07, 6.45) is 4.33. The van der Waals surface area contributed by atoms with Crippen LogP contribution in [0.25, 0.3) is 0 Å². The Balaban J connectivity index is 1.50. The summed E-state index contributed by atoms with van der Waals surface area (Å²) in [6.45, 7) is 8.84. The molecule has 0 atom stereocenters. The summed E-state index contributed by atoms with van der Waals surface area (Å²) in [7, 11) is 1.75. The number of halogens is 1. The Bertz CT molecular complexity index is 688. The molecule has 0 bridgehead atoms. The number of nitrogens with zero attached hydrogens (tertiary/aromatic N) is 2. The first-order valence-electron chi connectivity index (χ1n) is 10.7. The number of ether oxygens (including phenoxy) is 2. The highest BCUT2D eigenvalue weighted by Gasteiger charge is 2.38. The second kappa shape index (κ2) is 9.00. The molecule has 1 amide bonds. The van der Waals surface area contributed by atoms with Crippen molar-refractivity contribution in [2.24, 2.45) is 0 Å². The molecule has 0 aromatic heterocycles. The Morgan fingerprint density at radius 3 is 2.31 bits per heavy atom. The molecule has 0 radical (unpaired) electrons. The number of amides is 1. The minimum atomic E-state index is -0.459. The van der Waals surface area contributed by atoms with Crippen LogP contribution < -0.4 is 0 Å². The lowest BCUT2D eigenvalue weighted by molar-refractivity contribution is -0.0597. The van der Waals surface area contributed by atoms with E-state index in [1.54, 1.807) is 13.2 Å². The van der Waals surface area contributed by atoms with Gasteiger partial charge < -0.3 is 14.4 Å². The van der Waals surface area contributed by atoms with E-state index in [-0.39, 0.29) is 17.5 Å². The second-order valence-electron chi connectivity index (χ2n) is 9.39. The Morgan fingerprint density at radius 1 is 1.14 bits per heavy atom. The van der Waals surface area contributed by atoms with Crippen LogP contribution in [0.3, 0.4) is 0 Å². The monoisotopic (exact) mass is 406 g/mol. The van der Waals surface area contributed by atoms with Crippen molar-refractivity contribution in [1.82, 2.24) is 9.80 Å². The van der Waals surface area contributed by atoms with Crippen LogP contribution in [0.1, 0.15) is 52.0 Å². The third kappa shape index (κ3) is 5.70. The summed E-state index contributed by atoms with van der Waals surface area (Å²) in [5.74, 6) is -0.149. The highest BCUT2D eigenvalue weighted by Crippen LogP contribution is 2.37. The smallest absolute Gasteiger partial charge is 0.410 e. The van der Waals surface area contributed by atoms with Gasteiger partial charge in [-0.05, 0) is 58.1 Å². The molecule has 3 rings (SSSR count). The van der Waals surface area contributed by atoms with E-state index in [0.29, 0.717) is 25.6 Å². The van der Waals surface area contributed by atoms with Gasteiger partial charge in [-0.3, -0.25) is 4.90 Å². The highest BCUT2D eigenvalue weighted by molar-refractivity contribution is 5.68. The summed E-state index contributed by atoms with van der Waals surface area (Å²) in [6, 6.07) is 7.50. The van der Waals surface area contributed by atoms with Gasteiger partial charge in [-0.25, -0.2) is 9.18 Å². The van der Waals surface area contributed by atoms with Gasteiger partial charge in [0.25, 0.3) is 0 Å². The van der Waals surface area contributed by atoms with E-state index in [1.165, 1.54) is 6.07 Å². The fourth-order valence-corrected chi connectivity index (χ4v) is 4.53. The van der Waals surface area contributed by atoms with Gasteiger partial charge in [0.15, 0.2) is 0 Å². The molecule has 1 heterocycles. The number of carbonyl (C=O) groups is 1. The molecule has 2 fully saturated rings. The fourth-order valence-electron chi connectivity index (χ4n) is 4.53. The number of benzene rings is 1. The van der Waals surface area contributed by atoms with Crippen LogP contribution in [-0.2, 0) is 15.9 Å². The molecular weight excluding hydrogens is 371 g/mol. The van der Waals surface area contributed by atoms with Crippen molar-refractivity contribution in [3.8, 4) is 0 Å². The van der Waals surface area contributed by atoms with Gasteiger partial charge in [-0.2, -0.15) is 0 Å². The Morgan fingerprint density at radius 2 is 1.76 bits per heavy atom. The SMILES string of the molecule is COC1(Cc2ccccc2F)CCC(N2CCN(C(=O)OC(C)(C)C)CC2)CC1. The summed E-state index contributed by atoms with van der Waals surface area (Å²) in [5, 5.41) is 0. The molecule has 1 aromatic carbocycles. The number of hydrogen-bond acceptors (Lipinski definition) is 4. The van der Waals surface area contributed by atoms with Gasteiger partial charge in [-0.15, -0.1) is 0 Å². The van der Waals surface area contributed by atoms with E-state index < -0.39 is 5.60 Å². The maximum atomic E-state index is 14.1. The van der Waals surface area contributed by atoms with Crippen LogP contribution in [0.15, 0.2) is 24.3 Å². The highest BCUT2D eigenvalue weighted by atomic mass is 19.1. The largest absolute Gasteiger partial charge is 0.444 e. The van der Waals surface area contributed by atoms with E-state index in [9.17, 15) is 9.18 Å². The number of rotatable bonds is 4. The maximum Gasteiger partial charge on any atom is 0.410 e. The number of piperazine rings is 1. The zero-order chi connectivity index (χ0) is 21.1. The van der Waals surface area contributed by atoms with Gasteiger partial charge in [0.1, 0.15) is 11.4 Å². The average molecular weight is 407 g/mol. The zero-order valence-electron chi connectivity index (χ0n) is 18.2. The minimum Gasteiger partial charge on any atom is -0.444 e. The van der Waals surface area contributed by atoms with E-state index in [1.807, 2.05) is 37.8 Å². The molecule has 1 saturated carbocycles. The Kier molecular flexibility index (Phi) is 6.84. The molecule has 29 heavy (non-hydrogen) atoms. The standard InChI is InChI=1S/C23H35FN2O3/c1-22(2,3)29-21(27)26-15-13-25(14-16-26)19-9-11-23(28-4,12-10-19)17-18-7-5-6-8-20(18)24/h5-8,19H,9-17H2,1-4H3. The maximum absolute atomic E-state index is 14.1. The lowest BCUT2D eigenvalue weighted by atomic mass is 9.77. The lowest BCUT2D eigenvalue weighted by Gasteiger charge is -2.45. The summed E-state index contributed by atoms with van der Waals surface area (Å²) < 4.78 is 25.5. The molecule has 6 heteroatoms. The van der Waals surface area contributed by atoms with Gasteiger partial charge >= 0.3 is 6.09 Å². The van der Waals surface area contributed by atoms with E-state index in [2.05, 4.69) is 4.90 Å². The zero-order valence-corrected chi connectivity index (χ0v) is 18.2. The molecule has 1 saturated heterocycles. The normalized spacial score (nSPS) is 26.4. The molecule has 0 spiro atoms. The first-order valence-corrected chi connectivity index (χ1v) is 10.7. The third-order valence-corrected chi connectivity index (χ3v) is 6.25. The van der Waals surface area contributed by atoms with Crippen LogP contribution in [0.4, 0.5) is 9.18 Å². The molecule has 5 nitrogen and oxygen atoms in total. The fraction of sp³-hybridized carbons (Fsp3) is 0.696.